The lowest BCUT2D eigenvalue weighted by Crippen LogP contribution is -2.42. The minimum atomic E-state index is -3.77. The molecule has 4 N–H and O–H groups in total. The second-order valence-electron chi connectivity index (χ2n) is 7.66. The molecule has 0 saturated heterocycles. The number of aromatic nitrogens is 3. The molecule has 7 nitrogen and oxygen atoms in total. The van der Waals surface area contributed by atoms with E-state index in [9.17, 15) is 23.1 Å². The first-order valence-corrected chi connectivity index (χ1v) is 10.1. The SMILES string of the molecule is Cc1ccc(-c2ccn3nc(N)nc3c2)c(F)c1C(=O)NCC(O)C(F)(F)c1ccc(F)cc1. The number of aryl methyl sites for hydroxylation is 1. The Balaban J connectivity index is 1.56. The molecule has 4 rings (SSSR count). The van der Waals surface area contributed by atoms with E-state index < -0.39 is 41.7 Å². The summed E-state index contributed by atoms with van der Waals surface area (Å²) in [5.41, 5.74) is 5.71. The fraction of sp³-hybridized carbons (Fsp3) is 0.174. The number of halogens is 4. The monoisotopic (exact) mass is 473 g/mol. The van der Waals surface area contributed by atoms with E-state index in [1.54, 1.807) is 6.07 Å². The minimum absolute atomic E-state index is 0.0394. The molecule has 0 saturated carbocycles. The van der Waals surface area contributed by atoms with Crippen LogP contribution in [0.15, 0.2) is 54.7 Å². The van der Waals surface area contributed by atoms with Crippen LogP contribution in [0.3, 0.4) is 0 Å². The number of anilines is 1. The number of hydrogen-bond donors (Lipinski definition) is 3. The fourth-order valence-electron chi connectivity index (χ4n) is 3.51. The molecular weight excluding hydrogens is 454 g/mol. The summed E-state index contributed by atoms with van der Waals surface area (Å²) in [6.07, 6.45) is -0.796. The van der Waals surface area contributed by atoms with Gasteiger partial charge in [0.2, 0.25) is 5.95 Å². The average molecular weight is 473 g/mol. The third-order valence-electron chi connectivity index (χ3n) is 5.35. The molecule has 2 aromatic heterocycles. The first-order chi connectivity index (χ1) is 16.1. The first kappa shape index (κ1) is 23.2. The van der Waals surface area contributed by atoms with Gasteiger partial charge in [0.1, 0.15) is 17.7 Å². The number of hydrogen-bond acceptors (Lipinski definition) is 5. The number of rotatable bonds is 6. The maximum absolute atomic E-state index is 15.4. The maximum atomic E-state index is 15.4. The molecule has 0 aliphatic heterocycles. The van der Waals surface area contributed by atoms with Crippen LogP contribution in [0.1, 0.15) is 21.5 Å². The van der Waals surface area contributed by atoms with Crippen LogP contribution < -0.4 is 11.1 Å². The molecule has 0 fully saturated rings. The highest BCUT2D eigenvalue weighted by Gasteiger charge is 2.40. The number of nitrogens with one attached hydrogen (secondary N) is 1. The number of fused-ring (bicyclic) bond motifs is 1. The predicted molar refractivity (Wildman–Crippen MR) is 116 cm³/mol. The fourth-order valence-corrected chi connectivity index (χ4v) is 3.51. The van der Waals surface area contributed by atoms with Gasteiger partial charge in [-0.2, -0.15) is 13.8 Å². The van der Waals surface area contributed by atoms with Crippen LogP contribution >= 0.6 is 0 Å². The van der Waals surface area contributed by atoms with E-state index in [-0.39, 0.29) is 22.6 Å². The van der Waals surface area contributed by atoms with Gasteiger partial charge in [0.15, 0.2) is 5.65 Å². The Morgan fingerprint density at radius 1 is 1.18 bits per heavy atom. The van der Waals surface area contributed by atoms with Crippen molar-refractivity contribution in [2.24, 2.45) is 0 Å². The molecule has 11 heteroatoms. The Morgan fingerprint density at radius 3 is 2.59 bits per heavy atom. The lowest BCUT2D eigenvalue weighted by molar-refractivity contribution is -0.112. The lowest BCUT2D eigenvalue weighted by Gasteiger charge is -2.23. The van der Waals surface area contributed by atoms with Crippen LogP contribution in [0.5, 0.6) is 0 Å². The zero-order valence-corrected chi connectivity index (χ0v) is 17.8. The number of nitrogen functional groups attached to an aromatic ring is 1. The van der Waals surface area contributed by atoms with Gasteiger partial charge in [0.25, 0.3) is 11.8 Å². The highest BCUT2D eigenvalue weighted by atomic mass is 19.3. The van der Waals surface area contributed by atoms with E-state index in [0.717, 1.165) is 24.3 Å². The molecular formula is C23H19F4N5O2. The van der Waals surface area contributed by atoms with E-state index in [1.165, 1.54) is 35.8 Å². The maximum Gasteiger partial charge on any atom is 0.300 e. The van der Waals surface area contributed by atoms with Crippen molar-refractivity contribution in [2.75, 3.05) is 12.3 Å². The summed E-state index contributed by atoms with van der Waals surface area (Å²) >= 11 is 0. The molecule has 2 heterocycles. The quantitative estimate of drug-likeness (QED) is 0.372. The number of nitrogens with zero attached hydrogens (tertiary/aromatic N) is 3. The number of aliphatic hydroxyl groups excluding tert-OH is 1. The Labute approximate surface area is 190 Å². The van der Waals surface area contributed by atoms with Gasteiger partial charge in [-0.25, -0.2) is 13.3 Å². The second-order valence-corrected chi connectivity index (χ2v) is 7.66. The Hall–Kier alpha value is -3.99. The number of amides is 1. The summed E-state index contributed by atoms with van der Waals surface area (Å²) < 4.78 is 58.8. The summed E-state index contributed by atoms with van der Waals surface area (Å²) in [5, 5.41) is 16.1. The Bertz CT molecular complexity index is 1370. The van der Waals surface area contributed by atoms with E-state index in [0.29, 0.717) is 11.2 Å². The van der Waals surface area contributed by atoms with Gasteiger partial charge in [-0.1, -0.05) is 24.3 Å². The average Bonchev–Trinajstić information content (AvgIpc) is 3.17. The Morgan fingerprint density at radius 2 is 1.88 bits per heavy atom. The standard InChI is InChI=1S/C23H19F4N5O2/c1-12-2-7-16(13-8-9-32-18(10-13)30-22(28)31-32)20(25)19(12)21(34)29-11-17(33)23(26,27)14-3-5-15(24)6-4-14/h2-10,17,33H,11H2,1H3,(H2,28,31)(H,29,34). The van der Waals surface area contributed by atoms with Crippen molar-refractivity contribution >= 4 is 17.5 Å². The van der Waals surface area contributed by atoms with Crippen molar-refractivity contribution in [1.82, 2.24) is 19.9 Å². The molecule has 0 radical (unpaired) electrons. The highest BCUT2D eigenvalue weighted by molar-refractivity contribution is 5.97. The molecule has 0 aliphatic carbocycles. The smallest absolute Gasteiger partial charge is 0.300 e. The van der Waals surface area contributed by atoms with Crippen LogP contribution in [0.4, 0.5) is 23.5 Å². The van der Waals surface area contributed by atoms with Gasteiger partial charge in [-0.3, -0.25) is 4.79 Å². The molecule has 1 amide bonds. The van der Waals surface area contributed by atoms with Gasteiger partial charge in [0.05, 0.1) is 12.1 Å². The summed E-state index contributed by atoms with van der Waals surface area (Å²) in [4.78, 5) is 16.7. The molecule has 34 heavy (non-hydrogen) atoms. The summed E-state index contributed by atoms with van der Waals surface area (Å²) in [5.74, 6) is -6.28. The van der Waals surface area contributed by atoms with Gasteiger partial charge in [-0.05, 0) is 42.3 Å². The summed E-state index contributed by atoms with van der Waals surface area (Å²) in [6, 6.07) is 9.44. The normalized spacial score (nSPS) is 12.6. The molecule has 1 unspecified atom stereocenters. The molecule has 4 aromatic rings. The topological polar surface area (TPSA) is 106 Å². The van der Waals surface area contributed by atoms with Crippen molar-refractivity contribution < 1.29 is 27.5 Å². The molecule has 0 bridgehead atoms. The lowest BCUT2D eigenvalue weighted by atomic mass is 9.98. The van der Waals surface area contributed by atoms with E-state index in [4.69, 9.17) is 5.73 Å². The number of alkyl halides is 2. The largest absolute Gasteiger partial charge is 0.385 e. The summed E-state index contributed by atoms with van der Waals surface area (Å²) in [7, 11) is 0. The van der Waals surface area contributed by atoms with Gasteiger partial charge in [0, 0.05) is 17.3 Å². The van der Waals surface area contributed by atoms with Crippen LogP contribution in [0.2, 0.25) is 0 Å². The first-order valence-electron chi connectivity index (χ1n) is 10.1. The predicted octanol–water partition coefficient (Wildman–Crippen LogP) is 3.45. The number of nitrogens with two attached hydrogens (primary N) is 1. The van der Waals surface area contributed by atoms with Crippen molar-refractivity contribution in [1.29, 1.82) is 0 Å². The molecule has 2 aromatic carbocycles. The number of carbonyl (C=O) groups excluding carboxylic acids is 1. The summed E-state index contributed by atoms with van der Waals surface area (Å²) in [6.45, 7) is 0.630. The number of pyridine rings is 1. The molecule has 0 aliphatic rings. The van der Waals surface area contributed by atoms with Crippen LogP contribution in [0.25, 0.3) is 16.8 Å². The number of benzene rings is 2. The van der Waals surface area contributed by atoms with Crippen LogP contribution in [0, 0.1) is 18.6 Å². The number of carbonyl (C=O) groups is 1. The van der Waals surface area contributed by atoms with E-state index >= 15 is 4.39 Å². The zero-order valence-electron chi connectivity index (χ0n) is 17.8. The van der Waals surface area contributed by atoms with Crippen LogP contribution in [-0.4, -0.2) is 38.3 Å². The second kappa shape index (κ2) is 8.75. The Kier molecular flexibility index (Phi) is 5.96. The highest BCUT2D eigenvalue weighted by Crippen LogP contribution is 2.32. The van der Waals surface area contributed by atoms with Crippen molar-refractivity contribution in [3.05, 3.63) is 83.1 Å². The van der Waals surface area contributed by atoms with Gasteiger partial charge >= 0.3 is 0 Å². The number of aliphatic hydroxyl groups is 1. The van der Waals surface area contributed by atoms with E-state index in [1.807, 2.05) is 0 Å². The molecule has 1 atom stereocenters. The zero-order chi connectivity index (χ0) is 24.6. The van der Waals surface area contributed by atoms with Crippen LogP contribution in [-0.2, 0) is 5.92 Å². The molecule has 0 spiro atoms. The molecule has 176 valence electrons. The van der Waals surface area contributed by atoms with Crippen molar-refractivity contribution in [2.45, 2.75) is 19.0 Å². The van der Waals surface area contributed by atoms with Crippen molar-refractivity contribution in [3.8, 4) is 11.1 Å². The van der Waals surface area contributed by atoms with Gasteiger partial charge < -0.3 is 16.2 Å². The third-order valence-corrected chi connectivity index (χ3v) is 5.35. The van der Waals surface area contributed by atoms with Gasteiger partial charge in [-0.15, -0.1) is 5.10 Å². The minimum Gasteiger partial charge on any atom is -0.385 e. The van der Waals surface area contributed by atoms with Crippen molar-refractivity contribution in [3.63, 3.8) is 0 Å². The van der Waals surface area contributed by atoms with E-state index in [2.05, 4.69) is 15.4 Å². The third kappa shape index (κ3) is 4.29.